The van der Waals surface area contributed by atoms with E-state index in [9.17, 15) is 8.78 Å². The maximum absolute atomic E-state index is 13.2. The third kappa shape index (κ3) is 2.29. The van der Waals surface area contributed by atoms with Crippen LogP contribution in [0.5, 0.6) is 0 Å². The molecule has 1 aromatic heterocycles. The van der Waals surface area contributed by atoms with Crippen molar-refractivity contribution in [1.29, 1.82) is 0 Å². The SMILES string of the molecule is CC(C)c1c[nH]c(=S)n1-c1cc(F)cc(F)c1. The first-order chi connectivity index (χ1) is 7.99. The Bertz CT molecular complexity index is 579. The largest absolute Gasteiger partial charge is 0.337 e. The number of nitrogens with zero attached hydrogens (tertiary/aromatic N) is 1. The molecule has 0 spiro atoms. The predicted octanol–water partition coefficient (Wildman–Crippen LogP) is 3.94. The summed E-state index contributed by atoms with van der Waals surface area (Å²) in [7, 11) is 0. The van der Waals surface area contributed by atoms with Crippen LogP contribution in [-0.4, -0.2) is 9.55 Å². The Kier molecular flexibility index (Phi) is 3.11. The summed E-state index contributed by atoms with van der Waals surface area (Å²) in [6.07, 6.45) is 1.76. The average molecular weight is 254 g/mol. The van der Waals surface area contributed by atoms with Crippen molar-refractivity contribution in [2.24, 2.45) is 0 Å². The van der Waals surface area contributed by atoms with E-state index in [0.29, 0.717) is 10.5 Å². The van der Waals surface area contributed by atoms with E-state index in [1.165, 1.54) is 12.1 Å². The van der Waals surface area contributed by atoms with Gasteiger partial charge in [0.25, 0.3) is 0 Å². The van der Waals surface area contributed by atoms with E-state index in [1.807, 2.05) is 13.8 Å². The molecule has 2 rings (SSSR count). The van der Waals surface area contributed by atoms with Crippen LogP contribution in [0.15, 0.2) is 24.4 Å². The van der Waals surface area contributed by atoms with Crippen molar-refractivity contribution in [2.75, 3.05) is 0 Å². The summed E-state index contributed by atoms with van der Waals surface area (Å²) in [5.41, 5.74) is 1.29. The van der Waals surface area contributed by atoms with Gasteiger partial charge >= 0.3 is 0 Å². The molecule has 2 nitrogen and oxygen atoms in total. The Morgan fingerprint density at radius 1 is 1.18 bits per heavy atom. The van der Waals surface area contributed by atoms with Crippen LogP contribution in [0.2, 0.25) is 0 Å². The summed E-state index contributed by atoms with van der Waals surface area (Å²) < 4.78 is 28.4. The summed E-state index contributed by atoms with van der Waals surface area (Å²) in [6, 6.07) is 3.37. The van der Waals surface area contributed by atoms with E-state index in [1.54, 1.807) is 10.8 Å². The molecule has 0 radical (unpaired) electrons. The number of imidazole rings is 1. The van der Waals surface area contributed by atoms with Crippen LogP contribution in [0.3, 0.4) is 0 Å². The molecule has 90 valence electrons. The van der Waals surface area contributed by atoms with Gasteiger partial charge in [0.05, 0.1) is 5.69 Å². The molecule has 17 heavy (non-hydrogen) atoms. The van der Waals surface area contributed by atoms with Gasteiger partial charge in [-0.2, -0.15) is 0 Å². The smallest absolute Gasteiger partial charge is 0.182 e. The van der Waals surface area contributed by atoms with Gasteiger partial charge in [-0.3, -0.25) is 4.57 Å². The highest BCUT2D eigenvalue weighted by Crippen LogP contribution is 2.21. The number of benzene rings is 1. The van der Waals surface area contributed by atoms with Gasteiger partial charge in [0.1, 0.15) is 11.6 Å². The minimum atomic E-state index is -0.613. The van der Waals surface area contributed by atoms with Gasteiger partial charge in [0.2, 0.25) is 0 Å². The minimum absolute atomic E-state index is 0.203. The lowest BCUT2D eigenvalue weighted by Crippen LogP contribution is -2.03. The van der Waals surface area contributed by atoms with Crippen molar-refractivity contribution < 1.29 is 8.78 Å². The number of nitrogens with one attached hydrogen (secondary N) is 1. The van der Waals surface area contributed by atoms with Gasteiger partial charge < -0.3 is 4.98 Å². The highest BCUT2D eigenvalue weighted by molar-refractivity contribution is 7.71. The fraction of sp³-hybridized carbons (Fsp3) is 0.250. The van der Waals surface area contributed by atoms with Crippen molar-refractivity contribution >= 4 is 12.2 Å². The Labute approximate surface area is 103 Å². The molecule has 0 aliphatic rings. The molecule has 0 atom stereocenters. The number of rotatable bonds is 2. The molecule has 0 saturated carbocycles. The lowest BCUT2D eigenvalue weighted by molar-refractivity contribution is 0.580. The molecular weight excluding hydrogens is 242 g/mol. The summed E-state index contributed by atoms with van der Waals surface area (Å²) >= 11 is 5.12. The second-order valence-electron chi connectivity index (χ2n) is 4.14. The Morgan fingerprint density at radius 2 is 1.76 bits per heavy atom. The van der Waals surface area contributed by atoms with Crippen molar-refractivity contribution in [2.45, 2.75) is 19.8 Å². The molecule has 0 fully saturated rings. The molecule has 0 saturated heterocycles. The van der Waals surface area contributed by atoms with Gasteiger partial charge in [0, 0.05) is 18.0 Å². The van der Waals surface area contributed by atoms with Crippen LogP contribution < -0.4 is 0 Å². The normalized spacial score (nSPS) is 11.1. The first kappa shape index (κ1) is 12.0. The van der Waals surface area contributed by atoms with Crippen LogP contribution in [0.25, 0.3) is 5.69 Å². The number of hydrogen-bond donors (Lipinski definition) is 1. The second-order valence-corrected chi connectivity index (χ2v) is 4.52. The molecule has 5 heteroatoms. The van der Waals surface area contributed by atoms with Gasteiger partial charge in [-0.1, -0.05) is 13.8 Å². The second kappa shape index (κ2) is 4.41. The molecule has 0 aliphatic heterocycles. The maximum Gasteiger partial charge on any atom is 0.182 e. The zero-order valence-corrected chi connectivity index (χ0v) is 10.3. The van der Waals surface area contributed by atoms with Crippen molar-refractivity contribution in [3.8, 4) is 5.69 Å². The quantitative estimate of drug-likeness (QED) is 0.805. The summed E-state index contributed by atoms with van der Waals surface area (Å²) in [4.78, 5) is 2.89. The van der Waals surface area contributed by atoms with E-state index >= 15 is 0 Å². The van der Waals surface area contributed by atoms with Gasteiger partial charge in [-0.15, -0.1) is 0 Å². The number of halogens is 2. The van der Waals surface area contributed by atoms with E-state index in [4.69, 9.17) is 12.2 Å². The first-order valence-corrected chi connectivity index (χ1v) is 5.66. The molecule has 0 unspecified atom stereocenters. The van der Waals surface area contributed by atoms with Crippen LogP contribution in [-0.2, 0) is 0 Å². The summed E-state index contributed by atoms with van der Waals surface area (Å²) in [5, 5.41) is 0. The Morgan fingerprint density at radius 3 is 2.29 bits per heavy atom. The van der Waals surface area contributed by atoms with E-state index in [0.717, 1.165) is 11.8 Å². The maximum atomic E-state index is 13.2. The number of aromatic nitrogens is 2. The minimum Gasteiger partial charge on any atom is -0.337 e. The zero-order valence-electron chi connectivity index (χ0n) is 9.50. The molecule has 1 aromatic carbocycles. The Balaban J connectivity index is 2.67. The molecule has 0 bridgehead atoms. The number of H-pyrrole nitrogens is 1. The van der Waals surface area contributed by atoms with Gasteiger partial charge in [0.15, 0.2) is 4.77 Å². The van der Waals surface area contributed by atoms with Gasteiger partial charge in [-0.25, -0.2) is 8.78 Å². The first-order valence-electron chi connectivity index (χ1n) is 5.26. The molecule has 1 heterocycles. The average Bonchev–Trinajstić information content (AvgIpc) is 2.58. The lowest BCUT2D eigenvalue weighted by atomic mass is 10.1. The lowest BCUT2D eigenvalue weighted by Gasteiger charge is -2.11. The topological polar surface area (TPSA) is 20.7 Å². The zero-order chi connectivity index (χ0) is 12.6. The monoisotopic (exact) mass is 254 g/mol. The van der Waals surface area contributed by atoms with Crippen molar-refractivity contribution in [3.05, 3.63) is 46.5 Å². The van der Waals surface area contributed by atoms with E-state index in [-0.39, 0.29) is 5.92 Å². The molecule has 1 N–H and O–H groups in total. The number of aromatic amines is 1. The van der Waals surface area contributed by atoms with Crippen LogP contribution in [0, 0.1) is 16.4 Å². The highest BCUT2D eigenvalue weighted by Gasteiger charge is 2.11. The standard InChI is InChI=1S/C12H12F2N2S/c1-7(2)11-6-15-12(17)16(11)10-4-8(13)3-9(14)5-10/h3-7H,1-2H3,(H,15,17). The fourth-order valence-electron chi connectivity index (χ4n) is 1.74. The van der Waals surface area contributed by atoms with Crippen LogP contribution in [0.1, 0.15) is 25.5 Å². The Hall–Kier alpha value is -1.49. The predicted molar refractivity (Wildman–Crippen MR) is 65.0 cm³/mol. The third-order valence-electron chi connectivity index (χ3n) is 2.50. The van der Waals surface area contributed by atoms with E-state index < -0.39 is 11.6 Å². The number of hydrogen-bond acceptors (Lipinski definition) is 1. The summed E-state index contributed by atoms with van der Waals surface area (Å²) in [6.45, 7) is 3.98. The van der Waals surface area contributed by atoms with Crippen LogP contribution in [0.4, 0.5) is 8.78 Å². The van der Waals surface area contributed by atoms with Gasteiger partial charge in [-0.05, 0) is 30.3 Å². The van der Waals surface area contributed by atoms with E-state index in [2.05, 4.69) is 4.98 Å². The highest BCUT2D eigenvalue weighted by atomic mass is 32.1. The van der Waals surface area contributed by atoms with Crippen molar-refractivity contribution in [3.63, 3.8) is 0 Å². The van der Waals surface area contributed by atoms with Crippen LogP contribution >= 0.6 is 12.2 Å². The molecule has 0 aliphatic carbocycles. The third-order valence-corrected chi connectivity index (χ3v) is 2.80. The molecule has 0 amide bonds. The van der Waals surface area contributed by atoms with Crippen molar-refractivity contribution in [1.82, 2.24) is 9.55 Å². The molecular formula is C12H12F2N2S. The molecule has 2 aromatic rings. The fourth-order valence-corrected chi connectivity index (χ4v) is 2.01. The summed E-state index contributed by atoms with van der Waals surface area (Å²) in [5.74, 6) is -1.02.